The van der Waals surface area contributed by atoms with Crippen molar-refractivity contribution in [1.29, 1.82) is 0 Å². The fourth-order valence-corrected chi connectivity index (χ4v) is 2.88. The van der Waals surface area contributed by atoms with Gasteiger partial charge in [-0.25, -0.2) is 4.98 Å². The molecule has 0 saturated heterocycles. The van der Waals surface area contributed by atoms with Crippen molar-refractivity contribution in [3.8, 4) is 5.75 Å². The summed E-state index contributed by atoms with van der Waals surface area (Å²) in [6.45, 7) is 1.83. The molecule has 0 radical (unpaired) electrons. The largest absolute Gasteiger partial charge is 0.492 e. The quantitative estimate of drug-likeness (QED) is 0.609. The first-order chi connectivity index (χ1) is 12.0. The van der Waals surface area contributed by atoms with Gasteiger partial charge in [0.1, 0.15) is 18.0 Å². The van der Waals surface area contributed by atoms with Gasteiger partial charge >= 0.3 is 0 Å². The lowest BCUT2D eigenvalue weighted by atomic mass is 10.3. The molecule has 2 aromatic heterocycles. The van der Waals surface area contributed by atoms with Gasteiger partial charge in [-0.3, -0.25) is 14.1 Å². The van der Waals surface area contributed by atoms with Crippen molar-refractivity contribution in [3.63, 3.8) is 0 Å². The lowest BCUT2D eigenvalue weighted by Crippen LogP contribution is -2.26. The predicted octanol–water partition coefficient (Wildman–Crippen LogP) is 3.62. The molecule has 7 heteroatoms. The molecule has 0 aliphatic rings. The molecule has 0 bridgehead atoms. The molecular formula is C18H17BrClN3O2. The van der Waals surface area contributed by atoms with Crippen molar-refractivity contribution in [2.75, 3.05) is 20.2 Å². The average Bonchev–Trinajstić information content (AvgIpc) is 2.57. The summed E-state index contributed by atoms with van der Waals surface area (Å²) < 4.78 is 8.05. The minimum Gasteiger partial charge on any atom is -0.492 e. The van der Waals surface area contributed by atoms with Crippen molar-refractivity contribution in [2.24, 2.45) is 0 Å². The average molecular weight is 423 g/mol. The molecule has 0 spiro atoms. The molecule has 0 amide bonds. The maximum absolute atomic E-state index is 12.2. The van der Waals surface area contributed by atoms with E-state index in [1.54, 1.807) is 24.4 Å². The van der Waals surface area contributed by atoms with Crippen molar-refractivity contribution < 1.29 is 4.74 Å². The van der Waals surface area contributed by atoms with E-state index < -0.39 is 0 Å². The van der Waals surface area contributed by atoms with Crippen LogP contribution in [0.2, 0.25) is 5.02 Å². The van der Waals surface area contributed by atoms with Gasteiger partial charge in [0.15, 0.2) is 0 Å². The van der Waals surface area contributed by atoms with E-state index >= 15 is 0 Å². The van der Waals surface area contributed by atoms with Crippen LogP contribution in [-0.2, 0) is 6.54 Å². The Morgan fingerprint density at radius 1 is 1.24 bits per heavy atom. The molecule has 0 atom stereocenters. The number of halogens is 2. The Bertz CT molecular complexity index is 928. The number of fused-ring (bicyclic) bond motifs is 1. The van der Waals surface area contributed by atoms with E-state index in [2.05, 4.69) is 25.8 Å². The van der Waals surface area contributed by atoms with Crippen molar-refractivity contribution in [1.82, 2.24) is 14.3 Å². The van der Waals surface area contributed by atoms with Crippen LogP contribution in [0.5, 0.6) is 5.75 Å². The van der Waals surface area contributed by atoms with Crippen LogP contribution in [0.15, 0.2) is 57.9 Å². The van der Waals surface area contributed by atoms with Gasteiger partial charge in [-0.05, 0) is 59.4 Å². The van der Waals surface area contributed by atoms with Gasteiger partial charge < -0.3 is 4.74 Å². The summed E-state index contributed by atoms with van der Waals surface area (Å²) in [5.41, 5.74) is 1.28. The summed E-state index contributed by atoms with van der Waals surface area (Å²) in [7, 11) is 1.97. The smallest absolute Gasteiger partial charge is 0.258 e. The second kappa shape index (κ2) is 7.99. The van der Waals surface area contributed by atoms with Gasteiger partial charge in [-0.2, -0.15) is 0 Å². The molecule has 3 aromatic rings. The van der Waals surface area contributed by atoms with Crippen LogP contribution in [-0.4, -0.2) is 34.5 Å². The summed E-state index contributed by atoms with van der Waals surface area (Å²) in [4.78, 5) is 18.8. The molecule has 3 rings (SSSR count). The Hall–Kier alpha value is -1.89. The molecule has 0 aliphatic heterocycles. The molecule has 1 aromatic carbocycles. The van der Waals surface area contributed by atoms with Crippen molar-refractivity contribution in [2.45, 2.75) is 6.54 Å². The van der Waals surface area contributed by atoms with Crippen LogP contribution in [0.25, 0.3) is 5.65 Å². The highest BCUT2D eigenvalue weighted by molar-refractivity contribution is 9.10. The number of rotatable bonds is 6. The Labute approximate surface area is 159 Å². The van der Waals surface area contributed by atoms with E-state index in [0.717, 1.165) is 15.9 Å². The molecule has 0 saturated carbocycles. The number of pyridine rings is 1. The molecule has 0 fully saturated rings. The first-order valence-electron chi connectivity index (χ1n) is 7.76. The van der Waals surface area contributed by atoms with E-state index in [4.69, 9.17) is 16.3 Å². The molecule has 25 heavy (non-hydrogen) atoms. The molecule has 2 heterocycles. The Kier molecular flexibility index (Phi) is 5.73. The third-order valence-electron chi connectivity index (χ3n) is 3.66. The lowest BCUT2D eigenvalue weighted by Gasteiger charge is -2.16. The van der Waals surface area contributed by atoms with Crippen LogP contribution in [0.3, 0.4) is 0 Å². The van der Waals surface area contributed by atoms with Gasteiger partial charge in [-0.1, -0.05) is 11.6 Å². The highest BCUT2D eigenvalue weighted by Gasteiger charge is 2.06. The summed E-state index contributed by atoms with van der Waals surface area (Å²) in [5, 5.41) is 0.685. The van der Waals surface area contributed by atoms with Crippen molar-refractivity contribution in [3.05, 3.63) is 74.2 Å². The molecular weight excluding hydrogens is 406 g/mol. The van der Waals surface area contributed by atoms with Crippen LogP contribution in [0, 0.1) is 0 Å². The Morgan fingerprint density at radius 3 is 2.76 bits per heavy atom. The maximum atomic E-state index is 12.2. The Morgan fingerprint density at radius 2 is 2.00 bits per heavy atom. The summed E-state index contributed by atoms with van der Waals surface area (Å²) in [5.74, 6) is 0.783. The zero-order valence-corrected chi connectivity index (χ0v) is 16.0. The second-order valence-corrected chi connectivity index (χ2v) is 7.05. The van der Waals surface area contributed by atoms with Gasteiger partial charge in [-0.15, -0.1) is 0 Å². The van der Waals surface area contributed by atoms with E-state index in [0.29, 0.717) is 30.4 Å². The first kappa shape index (κ1) is 17.9. The van der Waals surface area contributed by atoms with E-state index in [-0.39, 0.29) is 5.56 Å². The minimum absolute atomic E-state index is 0.0906. The Balaban J connectivity index is 1.60. The van der Waals surface area contributed by atoms with Gasteiger partial charge in [0, 0.05) is 34.8 Å². The number of hydrogen-bond acceptors (Lipinski definition) is 4. The topological polar surface area (TPSA) is 46.8 Å². The first-order valence-corrected chi connectivity index (χ1v) is 8.93. The van der Waals surface area contributed by atoms with Gasteiger partial charge in [0.25, 0.3) is 5.56 Å². The maximum Gasteiger partial charge on any atom is 0.258 e. The van der Waals surface area contributed by atoms with E-state index in [1.165, 1.54) is 4.40 Å². The van der Waals surface area contributed by atoms with E-state index in [1.807, 2.05) is 31.3 Å². The third kappa shape index (κ3) is 4.81. The molecule has 5 nitrogen and oxygen atoms in total. The summed E-state index contributed by atoms with van der Waals surface area (Å²) >= 11 is 9.21. The fourth-order valence-electron chi connectivity index (χ4n) is 2.41. The number of aromatic nitrogens is 2. The molecule has 0 unspecified atom stereocenters. The number of likely N-dealkylation sites (N-methyl/N-ethyl adjacent to an activating group) is 1. The number of hydrogen-bond donors (Lipinski definition) is 0. The zero-order valence-electron chi connectivity index (χ0n) is 13.7. The minimum atomic E-state index is -0.0906. The lowest BCUT2D eigenvalue weighted by molar-refractivity contribution is 0.231. The molecule has 130 valence electrons. The zero-order chi connectivity index (χ0) is 17.8. The SMILES string of the molecule is CN(CCOc1ccc(Cl)cc1)Cc1cc(=O)n2cc(Br)ccc2n1. The number of ether oxygens (including phenoxy) is 1. The second-order valence-electron chi connectivity index (χ2n) is 5.70. The van der Waals surface area contributed by atoms with Gasteiger partial charge in [0.05, 0.1) is 5.69 Å². The third-order valence-corrected chi connectivity index (χ3v) is 4.38. The number of benzene rings is 1. The standard InChI is InChI=1S/C18H17BrClN3O2/c1-22(8-9-25-16-5-3-14(20)4-6-16)12-15-10-18(24)23-11-13(19)2-7-17(23)21-15/h2-7,10-11H,8-9,12H2,1H3. The van der Waals surface area contributed by atoms with Crippen LogP contribution in [0.4, 0.5) is 0 Å². The summed E-state index contributed by atoms with van der Waals surface area (Å²) in [6.07, 6.45) is 1.72. The fraction of sp³-hybridized carbons (Fsp3) is 0.222. The number of nitrogens with zero attached hydrogens (tertiary/aromatic N) is 3. The predicted molar refractivity (Wildman–Crippen MR) is 102 cm³/mol. The normalized spacial score (nSPS) is 11.2. The van der Waals surface area contributed by atoms with Gasteiger partial charge in [0.2, 0.25) is 0 Å². The highest BCUT2D eigenvalue weighted by atomic mass is 79.9. The van der Waals surface area contributed by atoms with Crippen LogP contribution >= 0.6 is 27.5 Å². The van der Waals surface area contributed by atoms with E-state index in [9.17, 15) is 4.79 Å². The van der Waals surface area contributed by atoms with Crippen molar-refractivity contribution >= 4 is 33.2 Å². The molecule has 0 aliphatic carbocycles. The monoisotopic (exact) mass is 421 g/mol. The van der Waals surface area contributed by atoms with Crippen LogP contribution in [0.1, 0.15) is 5.69 Å². The molecule has 0 N–H and O–H groups in total. The van der Waals surface area contributed by atoms with Crippen LogP contribution < -0.4 is 10.3 Å². The summed E-state index contributed by atoms with van der Waals surface area (Å²) in [6, 6.07) is 12.5. The highest BCUT2D eigenvalue weighted by Crippen LogP contribution is 2.15.